The first-order valence-electron chi connectivity index (χ1n) is 4.77. The topological polar surface area (TPSA) is 63.6 Å². The van der Waals surface area contributed by atoms with Crippen molar-refractivity contribution >= 4 is 23.5 Å². The summed E-state index contributed by atoms with van der Waals surface area (Å²) in [5, 5.41) is 7.96. The average molecular weight is 235 g/mol. The van der Waals surface area contributed by atoms with Crippen LogP contribution in [0.4, 0.5) is 0 Å². The van der Waals surface area contributed by atoms with Crippen LogP contribution in [0.2, 0.25) is 0 Å². The van der Waals surface area contributed by atoms with Crippen molar-refractivity contribution in [2.75, 3.05) is 6.61 Å². The zero-order valence-electron chi connectivity index (χ0n) is 8.61. The molecule has 1 aliphatic rings. The molecule has 1 heterocycles. The Bertz CT molecular complexity index is 230. The van der Waals surface area contributed by atoms with E-state index in [1.807, 2.05) is 6.92 Å². The molecule has 0 aromatic rings. The number of allylic oxidation sites excluding steroid dienone is 1. The fourth-order valence-corrected chi connectivity index (χ4v) is 0.870. The van der Waals surface area contributed by atoms with Gasteiger partial charge < -0.3 is 9.84 Å². The second-order valence-corrected chi connectivity index (χ2v) is 3.51. The lowest BCUT2D eigenvalue weighted by Gasteiger charge is -1.93. The zero-order chi connectivity index (χ0) is 11.7. The molecule has 0 aliphatic carbocycles. The van der Waals surface area contributed by atoms with Gasteiger partial charge in [0.05, 0.1) is 12.0 Å². The Labute approximate surface area is 93.9 Å². The summed E-state index contributed by atoms with van der Waals surface area (Å²) >= 11 is 5.56. The first-order valence-corrected chi connectivity index (χ1v) is 5.20. The van der Waals surface area contributed by atoms with Crippen molar-refractivity contribution in [3.8, 4) is 0 Å². The molecule has 15 heavy (non-hydrogen) atoms. The van der Waals surface area contributed by atoms with E-state index in [-0.39, 0.29) is 11.3 Å². The second kappa shape index (κ2) is 8.29. The monoisotopic (exact) mass is 234 g/mol. The van der Waals surface area contributed by atoms with E-state index in [9.17, 15) is 9.59 Å². The minimum absolute atomic E-state index is 0.0463. The van der Waals surface area contributed by atoms with Crippen molar-refractivity contribution in [1.82, 2.24) is 0 Å². The van der Waals surface area contributed by atoms with E-state index in [1.165, 1.54) is 6.08 Å². The Hall–Kier alpha value is -1.03. The summed E-state index contributed by atoms with van der Waals surface area (Å²) in [5.41, 5.74) is 0. The molecular formula is C10H15ClO4. The van der Waals surface area contributed by atoms with Crippen LogP contribution in [0.15, 0.2) is 12.2 Å². The van der Waals surface area contributed by atoms with Crippen LogP contribution in [0.25, 0.3) is 0 Å². The largest absolute Gasteiger partial charge is 0.478 e. The Balaban J connectivity index is 0.000000280. The first-order chi connectivity index (χ1) is 7.06. The van der Waals surface area contributed by atoms with Gasteiger partial charge in [-0.25, -0.2) is 4.79 Å². The molecule has 86 valence electrons. The number of carboxylic acids is 1. The van der Waals surface area contributed by atoms with Crippen molar-refractivity contribution < 1.29 is 19.4 Å². The second-order valence-electron chi connectivity index (χ2n) is 2.95. The van der Waals surface area contributed by atoms with Crippen LogP contribution in [-0.4, -0.2) is 29.0 Å². The molecule has 0 radical (unpaired) electrons. The maximum absolute atomic E-state index is 10.0. The van der Waals surface area contributed by atoms with Gasteiger partial charge in [0.1, 0.15) is 0 Å². The summed E-state index contributed by atoms with van der Waals surface area (Å²) in [6.45, 7) is 2.53. The number of carboxylic acid groups (broad SMARTS) is 1. The van der Waals surface area contributed by atoms with E-state index in [4.69, 9.17) is 16.7 Å². The number of halogens is 1. The van der Waals surface area contributed by atoms with Gasteiger partial charge >= 0.3 is 11.9 Å². The van der Waals surface area contributed by atoms with Gasteiger partial charge in [-0.2, -0.15) is 0 Å². The molecular weight excluding hydrogens is 220 g/mol. The number of hydrogen-bond donors (Lipinski definition) is 1. The number of rotatable bonds is 3. The third-order valence-electron chi connectivity index (χ3n) is 1.63. The van der Waals surface area contributed by atoms with Gasteiger partial charge in [0.2, 0.25) is 0 Å². The van der Waals surface area contributed by atoms with Crippen LogP contribution in [0, 0.1) is 0 Å². The quantitative estimate of drug-likeness (QED) is 0.461. The fourth-order valence-electron chi connectivity index (χ4n) is 0.797. The SMILES string of the molecule is CCC(Cl)/C=C/C(=O)O.O=C1CCCO1. The zero-order valence-corrected chi connectivity index (χ0v) is 9.37. The van der Waals surface area contributed by atoms with Gasteiger partial charge in [0.25, 0.3) is 0 Å². The highest BCUT2D eigenvalue weighted by Gasteiger charge is 2.08. The summed E-state index contributed by atoms with van der Waals surface area (Å²) in [5.74, 6) is -0.996. The van der Waals surface area contributed by atoms with Gasteiger partial charge in [-0.3, -0.25) is 4.79 Å². The number of esters is 1. The molecule has 1 unspecified atom stereocenters. The Morgan fingerprint density at radius 1 is 1.73 bits per heavy atom. The molecule has 0 amide bonds. The van der Waals surface area contributed by atoms with Gasteiger partial charge in [0, 0.05) is 12.5 Å². The summed E-state index contributed by atoms with van der Waals surface area (Å²) < 4.78 is 4.51. The average Bonchev–Trinajstić information content (AvgIpc) is 2.66. The Morgan fingerprint density at radius 2 is 2.40 bits per heavy atom. The third kappa shape index (κ3) is 9.28. The number of cyclic esters (lactones) is 1. The van der Waals surface area contributed by atoms with Crippen molar-refractivity contribution in [3.63, 3.8) is 0 Å². The molecule has 1 rings (SSSR count). The molecule has 0 bridgehead atoms. The van der Waals surface area contributed by atoms with Crippen LogP contribution in [0.1, 0.15) is 26.2 Å². The lowest BCUT2D eigenvalue weighted by atomic mass is 10.3. The van der Waals surface area contributed by atoms with Gasteiger partial charge in [0.15, 0.2) is 0 Å². The van der Waals surface area contributed by atoms with Gasteiger partial charge in [-0.05, 0) is 12.8 Å². The summed E-state index contributed by atoms with van der Waals surface area (Å²) in [6, 6.07) is 0. The molecule has 1 N–H and O–H groups in total. The molecule has 4 nitrogen and oxygen atoms in total. The number of aliphatic carboxylic acids is 1. The van der Waals surface area contributed by atoms with Crippen molar-refractivity contribution in [2.24, 2.45) is 0 Å². The predicted molar refractivity (Wildman–Crippen MR) is 56.9 cm³/mol. The fraction of sp³-hybridized carbons (Fsp3) is 0.600. The lowest BCUT2D eigenvalue weighted by Crippen LogP contribution is -1.92. The predicted octanol–water partition coefficient (Wildman–Crippen LogP) is 1.97. The van der Waals surface area contributed by atoms with Crippen LogP contribution in [-0.2, 0) is 14.3 Å². The molecule has 1 saturated heterocycles. The minimum atomic E-state index is -0.950. The van der Waals surface area contributed by atoms with E-state index < -0.39 is 5.97 Å². The van der Waals surface area contributed by atoms with Gasteiger partial charge in [-0.15, -0.1) is 11.6 Å². The molecule has 0 spiro atoms. The lowest BCUT2D eigenvalue weighted by molar-refractivity contribution is -0.138. The number of carbonyl (C=O) groups is 2. The molecule has 0 aromatic heterocycles. The summed E-state index contributed by atoms with van der Waals surface area (Å²) in [4.78, 5) is 19.9. The molecule has 1 aliphatic heterocycles. The van der Waals surface area contributed by atoms with E-state index in [0.29, 0.717) is 13.0 Å². The summed E-state index contributed by atoms with van der Waals surface area (Å²) in [7, 11) is 0. The summed E-state index contributed by atoms with van der Waals surface area (Å²) in [6.07, 6.45) is 4.81. The van der Waals surface area contributed by atoms with E-state index in [0.717, 1.165) is 18.9 Å². The number of ether oxygens (including phenoxy) is 1. The maximum Gasteiger partial charge on any atom is 0.328 e. The molecule has 1 atom stereocenters. The molecule has 0 aromatic carbocycles. The van der Waals surface area contributed by atoms with Crippen LogP contribution in [0.3, 0.4) is 0 Å². The standard InChI is InChI=1S/C6H9ClO2.C4H6O2/c1-2-5(7)3-4-6(8)9;5-4-2-1-3-6-4/h3-5H,2H2,1H3,(H,8,9);1-3H2/b4-3+;. The smallest absolute Gasteiger partial charge is 0.328 e. The van der Waals surface area contributed by atoms with Crippen LogP contribution in [0.5, 0.6) is 0 Å². The Morgan fingerprint density at radius 3 is 2.67 bits per heavy atom. The van der Waals surface area contributed by atoms with E-state index >= 15 is 0 Å². The van der Waals surface area contributed by atoms with Crippen molar-refractivity contribution in [3.05, 3.63) is 12.2 Å². The highest BCUT2D eigenvalue weighted by Crippen LogP contribution is 2.01. The molecule has 0 saturated carbocycles. The highest BCUT2D eigenvalue weighted by molar-refractivity contribution is 6.21. The molecule has 1 fully saturated rings. The maximum atomic E-state index is 10.0. The van der Waals surface area contributed by atoms with Crippen molar-refractivity contribution in [1.29, 1.82) is 0 Å². The third-order valence-corrected chi connectivity index (χ3v) is 2.08. The number of carbonyl (C=O) groups excluding carboxylic acids is 1. The first kappa shape index (κ1) is 14.0. The number of alkyl halides is 1. The normalized spacial score (nSPS) is 16.8. The van der Waals surface area contributed by atoms with Crippen LogP contribution >= 0.6 is 11.6 Å². The van der Waals surface area contributed by atoms with E-state index in [2.05, 4.69) is 4.74 Å². The van der Waals surface area contributed by atoms with Gasteiger partial charge in [-0.1, -0.05) is 13.0 Å². The van der Waals surface area contributed by atoms with Crippen LogP contribution < -0.4 is 0 Å². The number of hydrogen-bond acceptors (Lipinski definition) is 3. The highest BCUT2D eigenvalue weighted by atomic mass is 35.5. The molecule has 5 heteroatoms. The minimum Gasteiger partial charge on any atom is -0.478 e. The van der Waals surface area contributed by atoms with Crippen molar-refractivity contribution in [2.45, 2.75) is 31.6 Å². The van der Waals surface area contributed by atoms with E-state index in [1.54, 1.807) is 0 Å². The Kier molecular flexibility index (Phi) is 7.72.